The summed E-state index contributed by atoms with van der Waals surface area (Å²) < 4.78 is 30.3. The highest BCUT2D eigenvalue weighted by Gasteiger charge is 2.04. The fourth-order valence-corrected chi connectivity index (χ4v) is 2.12. The second kappa shape index (κ2) is 7.86. The van der Waals surface area contributed by atoms with Gasteiger partial charge < -0.3 is 10.1 Å². The molecular weight excluding hydrogens is 280 g/mol. The van der Waals surface area contributed by atoms with Gasteiger partial charge in [-0.15, -0.1) is 0 Å². The number of anilines is 1. The van der Waals surface area contributed by atoms with Crippen LogP contribution in [0.15, 0.2) is 24.3 Å². The van der Waals surface area contributed by atoms with Crippen LogP contribution in [0.25, 0.3) is 0 Å². The Morgan fingerprint density at radius 2 is 2.10 bits per heavy atom. The molecule has 1 amide bonds. The minimum atomic E-state index is -3.14. The molecule has 0 heterocycles. The summed E-state index contributed by atoms with van der Waals surface area (Å²) in [6.07, 6.45) is 0.573. The molecule has 0 atom stereocenters. The van der Waals surface area contributed by atoms with Crippen LogP contribution in [-0.2, 0) is 14.8 Å². The van der Waals surface area contributed by atoms with Crippen LogP contribution in [0.2, 0.25) is 0 Å². The number of amides is 1. The highest BCUT2D eigenvalue weighted by atomic mass is 32.2. The summed E-state index contributed by atoms with van der Waals surface area (Å²) in [4.78, 5) is 10.9. The molecule has 0 fully saturated rings. The zero-order valence-electron chi connectivity index (χ0n) is 11.7. The monoisotopic (exact) mass is 300 g/mol. The lowest BCUT2D eigenvalue weighted by Gasteiger charge is -2.09. The first-order valence-corrected chi connectivity index (χ1v) is 8.06. The first-order chi connectivity index (χ1) is 9.43. The van der Waals surface area contributed by atoms with Gasteiger partial charge in [-0.3, -0.25) is 4.79 Å². The van der Waals surface area contributed by atoms with E-state index in [1.54, 1.807) is 31.2 Å². The van der Waals surface area contributed by atoms with Crippen LogP contribution in [0.5, 0.6) is 5.75 Å². The van der Waals surface area contributed by atoms with E-state index in [2.05, 4.69) is 10.0 Å². The van der Waals surface area contributed by atoms with Crippen LogP contribution in [-0.4, -0.2) is 33.2 Å². The summed E-state index contributed by atoms with van der Waals surface area (Å²) in [5.74, 6) is 0.567. The van der Waals surface area contributed by atoms with Crippen LogP contribution in [0.1, 0.15) is 20.3 Å². The lowest BCUT2D eigenvalue weighted by Crippen LogP contribution is -2.27. The third-order valence-corrected chi connectivity index (χ3v) is 3.85. The molecule has 1 aromatic rings. The fraction of sp³-hybridized carbons (Fsp3) is 0.462. The lowest BCUT2D eigenvalue weighted by molar-refractivity contribution is -0.114. The van der Waals surface area contributed by atoms with Gasteiger partial charge >= 0.3 is 0 Å². The zero-order chi connectivity index (χ0) is 15.0. The van der Waals surface area contributed by atoms with Crippen molar-refractivity contribution < 1.29 is 17.9 Å². The Hall–Kier alpha value is -1.60. The molecule has 7 heteroatoms. The second-order valence-electron chi connectivity index (χ2n) is 4.21. The van der Waals surface area contributed by atoms with Crippen molar-refractivity contribution in [3.63, 3.8) is 0 Å². The minimum Gasteiger partial charge on any atom is -0.493 e. The normalized spacial score (nSPS) is 11.1. The van der Waals surface area contributed by atoms with Crippen molar-refractivity contribution in [2.24, 2.45) is 0 Å². The summed E-state index contributed by atoms with van der Waals surface area (Å²) in [7, 11) is -3.14. The van der Waals surface area contributed by atoms with Gasteiger partial charge in [0.05, 0.1) is 12.4 Å². The average molecular weight is 300 g/mol. The summed E-state index contributed by atoms with van der Waals surface area (Å²) >= 11 is 0. The third kappa shape index (κ3) is 6.53. The minimum absolute atomic E-state index is 0.0760. The smallest absolute Gasteiger partial charge is 0.221 e. The van der Waals surface area contributed by atoms with Crippen LogP contribution >= 0.6 is 0 Å². The highest BCUT2D eigenvalue weighted by molar-refractivity contribution is 7.89. The standard InChI is InChI=1S/C13H20N2O4S/c1-3-20(17,18)14-8-5-9-19-13-7-4-6-12(10-13)15-11(2)16/h4,6-7,10,14H,3,5,8-9H2,1-2H3,(H,15,16). The molecule has 0 aliphatic rings. The molecule has 6 nitrogen and oxygen atoms in total. The molecule has 0 bridgehead atoms. The van der Waals surface area contributed by atoms with E-state index in [9.17, 15) is 13.2 Å². The molecule has 2 N–H and O–H groups in total. The molecule has 0 spiro atoms. The maximum atomic E-state index is 11.2. The Balaban J connectivity index is 2.33. The lowest BCUT2D eigenvalue weighted by atomic mass is 10.3. The van der Waals surface area contributed by atoms with Crippen molar-refractivity contribution >= 4 is 21.6 Å². The first-order valence-electron chi connectivity index (χ1n) is 6.41. The molecule has 0 aliphatic carbocycles. The van der Waals surface area contributed by atoms with E-state index in [-0.39, 0.29) is 11.7 Å². The average Bonchev–Trinajstić information content (AvgIpc) is 2.38. The van der Waals surface area contributed by atoms with E-state index < -0.39 is 10.0 Å². The van der Waals surface area contributed by atoms with Gasteiger partial charge in [0.2, 0.25) is 15.9 Å². The Kier molecular flexibility index (Phi) is 6.47. The zero-order valence-corrected chi connectivity index (χ0v) is 12.5. The van der Waals surface area contributed by atoms with Crippen molar-refractivity contribution in [1.82, 2.24) is 4.72 Å². The second-order valence-corrected chi connectivity index (χ2v) is 6.30. The Morgan fingerprint density at radius 3 is 2.75 bits per heavy atom. The maximum Gasteiger partial charge on any atom is 0.221 e. The number of ether oxygens (including phenoxy) is 1. The van der Waals surface area contributed by atoms with Crippen molar-refractivity contribution in [1.29, 1.82) is 0 Å². The molecule has 0 saturated carbocycles. The molecule has 0 saturated heterocycles. The predicted molar refractivity (Wildman–Crippen MR) is 78.3 cm³/mol. The van der Waals surface area contributed by atoms with Crippen molar-refractivity contribution in [2.75, 3.05) is 24.2 Å². The van der Waals surface area contributed by atoms with E-state index in [0.29, 0.717) is 31.0 Å². The molecule has 112 valence electrons. The number of benzene rings is 1. The maximum absolute atomic E-state index is 11.2. The van der Waals surface area contributed by atoms with Crippen LogP contribution in [0.3, 0.4) is 0 Å². The molecule has 1 rings (SSSR count). The Morgan fingerprint density at radius 1 is 1.35 bits per heavy atom. The van der Waals surface area contributed by atoms with Gasteiger partial charge in [-0.05, 0) is 25.5 Å². The Bertz CT molecular complexity index is 543. The van der Waals surface area contributed by atoms with Gasteiger partial charge in [-0.2, -0.15) is 0 Å². The highest BCUT2D eigenvalue weighted by Crippen LogP contribution is 2.17. The van der Waals surface area contributed by atoms with Crippen LogP contribution in [0, 0.1) is 0 Å². The predicted octanol–water partition coefficient (Wildman–Crippen LogP) is 1.35. The number of carbonyl (C=O) groups excluding carboxylic acids is 1. The van der Waals surface area contributed by atoms with E-state index in [1.807, 2.05) is 0 Å². The van der Waals surface area contributed by atoms with E-state index in [0.717, 1.165) is 0 Å². The molecule has 0 unspecified atom stereocenters. The molecule has 0 aromatic heterocycles. The fourth-order valence-electron chi connectivity index (χ4n) is 1.46. The number of hydrogen-bond donors (Lipinski definition) is 2. The van der Waals surface area contributed by atoms with Gasteiger partial charge in [-0.25, -0.2) is 13.1 Å². The van der Waals surface area contributed by atoms with Crippen molar-refractivity contribution in [2.45, 2.75) is 20.3 Å². The summed E-state index contributed by atoms with van der Waals surface area (Å²) in [5, 5.41) is 2.66. The number of carbonyl (C=O) groups is 1. The van der Waals surface area contributed by atoms with Gasteiger partial charge in [0.15, 0.2) is 0 Å². The van der Waals surface area contributed by atoms with E-state index in [4.69, 9.17) is 4.74 Å². The SMILES string of the molecule is CCS(=O)(=O)NCCCOc1cccc(NC(C)=O)c1. The first kappa shape index (κ1) is 16.5. The van der Waals surface area contributed by atoms with Gasteiger partial charge in [0, 0.05) is 25.2 Å². The van der Waals surface area contributed by atoms with Crippen LogP contribution in [0.4, 0.5) is 5.69 Å². The molecule has 1 aromatic carbocycles. The number of rotatable bonds is 8. The van der Waals surface area contributed by atoms with Gasteiger partial charge in [0.1, 0.15) is 5.75 Å². The van der Waals surface area contributed by atoms with Crippen molar-refractivity contribution in [3.05, 3.63) is 24.3 Å². The van der Waals surface area contributed by atoms with Gasteiger partial charge in [-0.1, -0.05) is 6.07 Å². The molecular formula is C13H20N2O4S. The molecule has 0 aliphatic heterocycles. The summed E-state index contributed by atoms with van der Waals surface area (Å²) in [5.41, 5.74) is 0.668. The topological polar surface area (TPSA) is 84.5 Å². The summed E-state index contributed by atoms with van der Waals surface area (Å²) in [6, 6.07) is 7.04. The largest absolute Gasteiger partial charge is 0.493 e. The Labute approximate surface area is 119 Å². The van der Waals surface area contributed by atoms with E-state index in [1.165, 1.54) is 6.92 Å². The number of sulfonamides is 1. The number of nitrogens with one attached hydrogen (secondary N) is 2. The third-order valence-electron chi connectivity index (χ3n) is 2.45. The van der Waals surface area contributed by atoms with Crippen molar-refractivity contribution in [3.8, 4) is 5.75 Å². The van der Waals surface area contributed by atoms with E-state index >= 15 is 0 Å². The molecule has 0 radical (unpaired) electrons. The molecule has 20 heavy (non-hydrogen) atoms. The summed E-state index contributed by atoms with van der Waals surface area (Å²) in [6.45, 7) is 3.77. The number of hydrogen-bond acceptors (Lipinski definition) is 4. The quantitative estimate of drug-likeness (QED) is 0.710. The van der Waals surface area contributed by atoms with Gasteiger partial charge in [0.25, 0.3) is 0 Å². The van der Waals surface area contributed by atoms with Crippen LogP contribution < -0.4 is 14.8 Å².